The van der Waals surface area contributed by atoms with Gasteiger partial charge in [0.1, 0.15) is 0 Å². The summed E-state index contributed by atoms with van der Waals surface area (Å²) in [6.07, 6.45) is 2.57. The third-order valence-corrected chi connectivity index (χ3v) is 4.94. The predicted molar refractivity (Wildman–Crippen MR) is 86.9 cm³/mol. The minimum atomic E-state index is 0.432. The lowest BCUT2D eigenvalue weighted by Crippen LogP contribution is -2.42. The number of nitrogens with zero attached hydrogens (tertiary/aromatic N) is 2. The smallest absolute Gasteiger partial charge is 0.0555 e. The minimum absolute atomic E-state index is 0.432. The first-order valence-corrected chi connectivity index (χ1v) is 8.29. The number of hydrogen-bond acceptors (Lipinski definition) is 4. The molecule has 4 heteroatoms. The molecule has 110 valence electrons. The summed E-state index contributed by atoms with van der Waals surface area (Å²) >= 11 is 1.80. The highest BCUT2D eigenvalue weighted by Gasteiger charge is 2.21. The van der Waals surface area contributed by atoms with E-state index >= 15 is 0 Å². The van der Waals surface area contributed by atoms with Gasteiger partial charge in [-0.05, 0) is 45.6 Å². The van der Waals surface area contributed by atoms with Crippen molar-refractivity contribution in [1.29, 1.82) is 0 Å². The van der Waals surface area contributed by atoms with Crippen LogP contribution in [0, 0.1) is 11.8 Å². The van der Waals surface area contributed by atoms with Crippen molar-refractivity contribution in [2.24, 2.45) is 5.73 Å². The highest BCUT2D eigenvalue weighted by Crippen LogP contribution is 2.20. The van der Waals surface area contributed by atoms with Crippen LogP contribution < -0.4 is 5.73 Å². The van der Waals surface area contributed by atoms with E-state index in [0.717, 1.165) is 18.2 Å². The van der Waals surface area contributed by atoms with E-state index in [2.05, 4.69) is 47.1 Å². The lowest BCUT2D eigenvalue weighted by molar-refractivity contribution is 0.128. The number of hydrogen-bond donors (Lipinski definition) is 1. The van der Waals surface area contributed by atoms with Crippen LogP contribution in [0.4, 0.5) is 0 Å². The molecule has 0 radical (unpaired) electrons. The predicted octanol–water partition coefficient (Wildman–Crippen LogP) is 1.97. The summed E-state index contributed by atoms with van der Waals surface area (Å²) in [5, 5.41) is 2.13. The lowest BCUT2D eigenvalue weighted by atomic mass is 10.0. The Morgan fingerprint density at radius 1 is 1.45 bits per heavy atom. The van der Waals surface area contributed by atoms with E-state index < -0.39 is 0 Å². The maximum Gasteiger partial charge on any atom is 0.0555 e. The Hall–Kier alpha value is -0.860. The van der Waals surface area contributed by atoms with Gasteiger partial charge in [0.2, 0.25) is 0 Å². The Morgan fingerprint density at radius 2 is 2.20 bits per heavy atom. The summed E-state index contributed by atoms with van der Waals surface area (Å²) in [6, 6.07) is 2.92. The molecule has 1 aromatic rings. The standard InChI is InChI=1S/C16H25N3S/c1-3-19-9-6-15(7-10-19)18(2)12-16-11-14(13-20-16)5-4-8-17/h11,13,15H,3,6-10,12,17H2,1-2H3. The molecule has 0 spiro atoms. The number of nitrogens with two attached hydrogens (primary N) is 1. The zero-order chi connectivity index (χ0) is 14.4. The molecule has 2 heterocycles. The summed E-state index contributed by atoms with van der Waals surface area (Å²) in [6.45, 7) is 7.38. The summed E-state index contributed by atoms with van der Waals surface area (Å²) in [7, 11) is 2.25. The van der Waals surface area contributed by atoms with Gasteiger partial charge in [-0.2, -0.15) is 0 Å². The molecule has 1 aromatic heterocycles. The van der Waals surface area contributed by atoms with Crippen LogP contribution in [-0.2, 0) is 6.54 Å². The Labute approximate surface area is 126 Å². The van der Waals surface area contributed by atoms with Gasteiger partial charge in [-0.1, -0.05) is 18.8 Å². The third-order valence-electron chi connectivity index (χ3n) is 4.02. The van der Waals surface area contributed by atoms with E-state index in [1.807, 2.05) is 0 Å². The molecule has 1 aliphatic rings. The Kier molecular flexibility index (Phi) is 6.06. The van der Waals surface area contributed by atoms with Crippen molar-refractivity contribution in [3.63, 3.8) is 0 Å². The fourth-order valence-corrected chi connectivity index (χ4v) is 3.61. The lowest BCUT2D eigenvalue weighted by Gasteiger charge is -2.36. The largest absolute Gasteiger partial charge is 0.320 e. The quantitative estimate of drug-likeness (QED) is 0.861. The van der Waals surface area contributed by atoms with Crippen LogP contribution in [0.25, 0.3) is 0 Å². The highest BCUT2D eigenvalue weighted by atomic mass is 32.1. The molecule has 1 aliphatic heterocycles. The third kappa shape index (κ3) is 4.32. The molecule has 0 amide bonds. The summed E-state index contributed by atoms with van der Waals surface area (Å²) in [5.74, 6) is 6.01. The second-order valence-electron chi connectivity index (χ2n) is 5.39. The normalized spacial score (nSPS) is 17.2. The second-order valence-corrected chi connectivity index (χ2v) is 6.38. The van der Waals surface area contributed by atoms with E-state index in [9.17, 15) is 0 Å². The van der Waals surface area contributed by atoms with Crippen LogP contribution in [0.2, 0.25) is 0 Å². The van der Waals surface area contributed by atoms with Crippen molar-refractivity contribution in [2.75, 3.05) is 33.2 Å². The van der Waals surface area contributed by atoms with E-state index in [-0.39, 0.29) is 0 Å². The molecule has 0 atom stereocenters. The molecule has 0 aromatic carbocycles. The molecule has 0 saturated carbocycles. The number of piperidine rings is 1. The van der Waals surface area contributed by atoms with Crippen molar-refractivity contribution in [3.8, 4) is 11.8 Å². The zero-order valence-corrected chi connectivity index (χ0v) is 13.4. The average Bonchev–Trinajstić information content (AvgIpc) is 2.92. The number of rotatable bonds is 4. The molecule has 3 nitrogen and oxygen atoms in total. The first-order valence-electron chi connectivity index (χ1n) is 7.42. The van der Waals surface area contributed by atoms with Gasteiger partial charge >= 0.3 is 0 Å². The Balaban J connectivity index is 1.85. The monoisotopic (exact) mass is 291 g/mol. The molecule has 0 unspecified atom stereocenters. The van der Waals surface area contributed by atoms with Gasteiger partial charge in [0.05, 0.1) is 6.54 Å². The van der Waals surface area contributed by atoms with E-state index in [1.165, 1.54) is 37.4 Å². The fourth-order valence-electron chi connectivity index (χ4n) is 2.73. The summed E-state index contributed by atoms with van der Waals surface area (Å²) < 4.78 is 0. The van der Waals surface area contributed by atoms with Gasteiger partial charge in [0, 0.05) is 28.4 Å². The molecule has 0 bridgehead atoms. The van der Waals surface area contributed by atoms with E-state index in [4.69, 9.17) is 5.73 Å². The van der Waals surface area contributed by atoms with Crippen molar-refractivity contribution in [3.05, 3.63) is 21.9 Å². The molecule has 2 N–H and O–H groups in total. The van der Waals surface area contributed by atoms with Crippen LogP contribution in [0.5, 0.6) is 0 Å². The first kappa shape index (κ1) is 15.5. The topological polar surface area (TPSA) is 32.5 Å². The molecule has 1 saturated heterocycles. The highest BCUT2D eigenvalue weighted by molar-refractivity contribution is 7.10. The van der Waals surface area contributed by atoms with Crippen molar-refractivity contribution < 1.29 is 0 Å². The Bertz CT molecular complexity index is 464. The summed E-state index contributed by atoms with van der Waals surface area (Å²) in [4.78, 5) is 6.43. The van der Waals surface area contributed by atoms with Crippen molar-refractivity contribution >= 4 is 11.3 Å². The molecule has 0 aliphatic carbocycles. The van der Waals surface area contributed by atoms with Crippen molar-refractivity contribution in [1.82, 2.24) is 9.80 Å². The maximum atomic E-state index is 5.40. The van der Waals surface area contributed by atoms with Gasteiger partial charge in [-0.25, -0.2) is 0 Å². The van der Waals surface area contributed by atoms with E-state index in [0.29, 0.717) is 6.54 Å². The zero-order valence-electron chi connectivity index (χ0n) is 12.6. The van der Waals surface area contributed by atoms with Gasteiger partial charge < -0.3 is 10.6 Å². The SMILES string of the molecule is CCN1CCC(N(C)Cc2cc(C#CCN)cs2)CC1. The molecular formula is C16H25N3S. The second kappa shape index (κ2) is 7.80. The van der Waals surface area contributed by atoms with Crippen LogP contribution in [-0.4, -0.2) is 49.1 Å². The van der Waals surface area contributed by atoms with Gasteiger partial charge in [0.15, 0.2) is 0 Å². The van der Waals surface area contributed by atoms with Crippen LogP contribution in [0.15, 0.2) is 11.4 Å². The first-order chi connectivity index (χ1) is 9.72. The fraction of sp³-hybridized carbons (Fsp3) is 0.625. The Morgan fingerprint density at radius 3 is 2.85 bits per heavy atom. The van der Waals surface area contributed by atoms with Gasteiger partial charge in [-0.3, -0.25) is 4.90 Å². The molecule has 1 fully saturated rings. The molecular weight excluding hydrogens is 266 g/mol. The van der Waals surface area contributed by atoms with Gasteiger partial charge in [0.25, 0.3) is 0 Å². The molecule has 2 rings (SSSR count). The van der Waals surface area contributed by atoms with E-state index in [1.54, 1.807) is 11.3 Å². The minimum Gasteiger partial charge on any atom is -0.320 e. The van der Waals surface area contributed by atoms with Crippen LogP contribution >= 0.6 is 11.3 Å². The number of thiophene rings is 1. The average molecular weight is 291 g/mol. The maximum absolute atomic E-state index is 5.40. The van der Waals surface area contributed by atoms with Crippen LogP contribution in [0.3, 0.4) is 0 Å². The van der Waals surface area contributed by atoms with Crippen molar-refractivity contribution in [2.45, 2.75) is 32.4 Å². The number of likely N-dealkylation sites (tertiary alicyclic amines) is 1. The van der Waals surface area contributed by atoms with Crippen LogP contribution in [0.1, 0.15) is 30.2 Å². The van der Waals surface area contributed by atoms with Gasteiger partial charge in [-0.15, -0.1) is 11.3 Å². The summed E-state index contributed by atoms with van der Waals surface area (Å²) in [5.41, 5.74) is 6.50. The molecule has 20 heavy (non-hydrogen) atoms.